The van der Waals surface area contributed by atoms with Crippen LogP contribution in [-0.4, -0.2) is 55.4 Å². The fourth-order valence-corrected chi connectivity index (χ4v) is 4.42. The smallest absolute Gasteiger partial charge is 0.261 e. The monoisotopic (exact) mass is 458 g/mol. The number of anilines is 1. The number of aromatic nitrogens is 6. The molecule has 5 rings (SSSR count). The molecule has 3 heterocycles. The Morgan fingerprint density at radius 2 is 1.88 bits per heavy atom. The summed E-state index contributed by atoms with van der Waals surface area (Å²) in [6.07, 6.45) is 7.82. The van der Waals surface area contributed by atoms with E-state index in [2.05, 4.69) is 56.3 Å². The summed E-state index contributed by atoms with van der Waals surface area (Å²) in [4.78, 5) is 15.4. The van der Waals surface area contributed by atoms with Crippen LogP contribution in [0.3, 0.4) is 0 Å². The number of rotatable bonds is 8. The third kappa shape index (κ3) is 4.19. The summed E-state index contributed by atoms with van der Waals surface area (Å²) in [6.45, 7) is 5.87. The van der Waals surface area contributed by atoms with Crippen molar-refractivity contribution in [3.05, 3.63) is 59.9 Å². The second-order valence-electron chi connectivity index (χ2n) is 9.50. The van der Waals surface area contributed by atoms with E-state index in [9.17, 15) is 0 Å². The molecule has 0 amide bonds. The zero-order valence-corrected chi connectivity index (χ0v) is 20.1. The Morgan fingerprint density at radius 1 is 1.12 bits per heavy atom. The van der Waals surface area contributed by atoms with Gasteiger partial charge in [0.15, 0.2) is 5.82 Å². The van der Waals surface area contributed by atoms with E-state index in [0.29, 0.717) is 17.6 Å². The molecule has 0 bridgehead atoms. The first kappa shape index (κ1) is 22.2. The zero-order valence-electron chi connectivity index (χ0n) is 20.1. The van der Waals surface area contributed by atoms with Crippen LogP contribution in [0, 0.1) is 12.8 Å². The van der Waals surface area contributed by atoms with E-state index in [1.54, 1.807) is 12.4 Å². The molecule has 0 saturated heterocycles. The number of likely N-dealkylation sites (N-methyl/N-ethyl adjacent to an activating group) is 1. The Morgan fingerprint density at radius 3 is 2.56 bits per heavy atom. The highest BCUT2D eigenvalue weighted by atomic mass is 16.5. The van der Waals surface area contributed by atoms with Gasteiger partial charge in [0, 0.05) is 24.5 Å². The molecule has 1 atom stereocenters. The minimum atomic E-state index is -0.326. The molecular formula is C25H30N8O. The quantitative estimate of drug-likeness (QED) is 0.427. The second-order valence-corrected chi connectivity index (χ2v) is 9.50. The van der Waals surface area contributed by atoms with Gasteiger partial charge in [-0.15, -0.1) is 0 Å². The van der Waals surface area contributed by atoms with Crippen molar-refractivity contribution in [3.63, 3.8) is 0 Å². The minimum Gasteiger partial charge on any atom is -0.368 e. The molecule has 1 aliphatic carbocycles. The third-order valence-corrected chi connectivity index (χ3v) is 6.73. The molecule has 34 heavy (non-hydrogen) atoms. The average molecular weight is 459 g/mol. The van der Waals surface area contributed by atoms with Crippen LogP contribution in [0.15, 0.2) is 47.4 Å². The molecule has 0 spiro atoms. The molecule has 4 aromatic rings. The van der Waals surface area contributed by atoms with Gasteiger partial charge < -0.3 is 15.2 Å². The minimum absolute atomic E-state index is 0.287. The number of aryl methyl sites for hydroxylation is 1. The molecule has 2 N–H and O–H groups in total. The fraction of sp³-hybridized carbons (Fsp3) is 0.400. The molecule has 9 nitrogen and oxygen atoms in total. The van der Waals surface area contributed by atoms with Gasteiger partial charge in [-0.1, -0.05) is 29.4 Å². The van der Waals surface area contributed by atoms with Crippen LogP contribution in [0.1, 0.15) is 36.8 Å². The van der Waals surface area contributed by atoms with E-state index in [-0.39, 0.29) is 11.4 Å². The number of nitrogens with two attached hydrogens (primary N) is 1. The summed E-state index contributed by atoms with van der Waals surface area (Å²) in [6, 6.07) is 8.51. The Labute approximate surface area is 199 Å². The van der Waals surface area contributed by atoms with Gasteiger partial charge in [0.05, 0.1) is 29.4 Å². The normalized spacial score (nSPS) is 15.6. The van der Waals surface area contributed by atoms with Gasteiger partial charge >= 0.3 is 0 Å². The van der Waals surface area contributed by atoms with E-state index < -0.39 is 0 Å². The topological polar surface area (TPSA) is 112 Å². The molecule has 1 saturated carbocycles. The molecule has 9 heteroatoms. The highest BCUT2D eigenvalue weighted by Gasteiger charge is 2.47. The van der Waals surface area contributed by atoms with Crippen molar-refractivity contribution in [1.29, 1.82) is 0 Å². The lowest BCUT2D eigenvalue weighted by molar-refractivity contribution is 0.373. The van der Waals surface area contributed by atoms with Crippen LogP contribution in [-0.2, 0) is 12.0 Å². The van der Waals surface area contributed by atoms with Gasteiger partial charge in [-0.2, -0.15) is 10.1 Å². The van der Waals surface area contributed by atoms with Crippen molar-refractivity contribution in [2.75, 3.05) is 26.4 Å². The zero-order chi connectivity index (χ0) is 23.9. The van der Waals surface area contributed by atoms with Gasteiger partial charge in [-0.05, 0) is 57.8 Å². The van der Waals surface area contributed by atoms with E-state index in [1.807, 2.05) is 31.9 Å². The Balaban J connectivity index is 1.42. The van der Waals surface area contributed by atoms with Crippen LogP contribution in [0.25, 0.3) is 22.6 Å². The van der Waals surface area contributed by atoms with Crippen LogP contribution in [0.2, 0.25) is 0 Å². The maximum atomic E-state index is 5.71. The average Bonchev–Trinajstić information content (AvgIpc) is 3.37. The summed E-state index contributed by atoms with van der Waals surface area (Å²) in [7, 11) is 4.09. The Hall–Kier alpha value is -3.59. The van der Waals surface area contributed by atoms with Crippen LogP contribution < -0.4 is 5.73 Å². The van der Waals surface area contributed by atoms with Crippen molar-refractivity contribution in [2.24, 2.45) is 5.92 Å². The standard InChI is InChI=1S/C25H30N8O/c1-16-21(14-27-24(26)29-16)17-5-7-19(8-6-17)25(2,20-9-10-20)23-30-22(34-31-23)18-13-28-33(15-18)12-11-32(3)4/h5-8,13-15,20H,9-12H2,1-4H3,(H2,26,27,29)/t25-/m0/s1. The highest BCUT2D eigenvalue weighted by molar-refractivity contribution is 5.66. The number of benzene rings is 1. The molecule has 0 radical (unpaired) electrons. The van der Waals surface area contributed by atoms with Gasteiger partial charge in [-0.3, -0.25) is 4.68 Å². The van der Waals surface area contributed by atoms with Crippen molar-refractivity contribution in [1.82, 2.24) is 34.8 Å². The van der Waals surface area contributed by atoms with E-state index in [1.165, 1.54) is 5.56 Å². The lowest BCUT2D eigenvalue weighted by Crippen LogP contribution is -2.28. The number of hydrogen-bond donors (Lipinski definition) is 1. The van der Waals surface area contributed by atoms with Gasteiger partial charge in [0.1, 0.15) is 0 Å². The van der Waals surface area contributed by atoms with E-state index in [4.69, 9.17) is 15.2 Å². The van der Waals surface area contributed by atoms with Crippen molar-refractivity contribution in [3.8, 4) is 22.6 Å². The van der Waals surface area contributed by atoms with Crippen molar-refractivity contribution < 1.29 is 4.52 Å². The molecule has 0 unspecified atom stereocenters. The van der Waals surface area contributed by atoms with Crippen molar-refractivity contribution in [2.45, 2.75) is 38.6 Å². The summed E-state index contributed by atoms with van der Waals surface area (Å²) in [5, 5.41) is 8.86. The van der Waals surface area contributed by atoms with Crippen LogP contribution in [0.5, 0.6) is 0 Å². The summed E-state index contributed by atoms with van der Waals surface area (Å²) < 4.78 is 7.61. The van der Waals surface area contributed by atoms with Crippen molar-refractivity contribution >= 4 is 5.95 Å². The largest absolute Gasteiger partial charge is 0.368 e. The molecule has 1 aromatic carbocycles. The molecule has 3 aromatic heterocycles. The van der Waals surface area contributed by atoms with Crippen LogP contribution in [0.4, 0.5) is 5.95 Å². The second kappa shape index (κ2) is 8.64. The maximum Gasteiger partial charge on any atom is 0.261 e. The lowest BCUT2D eigenvalue weighted by Gasteiger charge is -2.27. The van der Waals surface area contributed by atoms with Gasteiger partial charge in [0.25, 0.3) is 5.89 Å². The first-order chi connectivity index (χ1) is 16.3. The molecule has 1 fully saturated rings. The SMILES string of the molecule is Cc1nc(N)ncc1-c1ccc([C@](C)(c2noc(-c3cnn(CCN(C)C)c3)n2)C2CC2)cc1. The first-order valence-electron chi connectivity index (χ1n) is 11.6. The Kier molecular flexibility index (Phi) is 5.65. The highest BCUT2D eigenvalue weighted by Crippen LogP contribution is 2.50. The predicted octanol–water partition coefficient (Wildman–Crippen LogP) is 3.56. The summed E-state index contributed by atoms with van der Waals surface area (Å²) >= 11 is 0. The molecule has 176 valence electrons. The number of nitrogen functional groups attached to an aromatic ring is 1. The first-order valence-corrected chi connectivity index (χ1v) is 11.6. The predicted molar refractivity (Wildman–Crippen MR) is 130 cm³/mol. The summed E-state index contributed by atoms with van der Waals surface area (Å²) in [5.74, 6) is 1.98. The van der Waals surface area contributed by atoms with Gasteiger partial charge in [-0.25, -0.2) is 9.97 Å². The maximum absolute atomic E-state index is 5.71. The number of nitrogens with zero attached hydrogens (tertiary/aromatic N) is 7. The molecule has 0 aliphatic heterocycles. The van der Waals surface area contributed by atoms with Gasteiger partial charge in [0.2, 0.25) is 5.95 Å². The molecular weight excluding hydrogens is 428 g/mol. The lowest BCUT2D eigenvalue weighted by atomic mass is 9.76. The number of hydrogen-bond acceptors (Lipinski definition) is 8. The molecule has 1 aliphatic rings. The summed E-state index contributed by atoms with van der Waals surface area (Å²) in [5.41, 5.74) is 10.3. The fourth-order valence-electron chi connectivity index (χ4n) is 4.42. The Bertz CT molecular complexity index is 1290. The van der Waals surface area contributed by atoms with Crippen LogP contribution >= 0.6 is 0 Å². The van der Waals surface area contributed by atoms with E-state index in [0.717, 1.165) is 48.3 Å². The van der Waals surface area contributed by atoms with E-state index >= 15 is 0 Å². The third-order valence-electron chi connectivity index (χ3n) is 6.73.